The summed E-state index contributed by atoms with van der Waals surface area (Å²) < 4.78 is 1.95. The maximum Gasteiger partial charge on any atom is 0.263 e. The van der Waals surface area contributed by atoms with Gasteiger partial charge in [-0.25, -0.2) is 0 Å². The largest absolute Gasteiger partial charge is 0.349 e. The standard InChI is InChI=1S/C14H20N4OS/c1-9-12(20-14-17-16-10(2)18(9)14)13(19)15-11-7-5-3-4-6-8-11/h11H,3-8H2,1-2H3,(H,15,19). The molecule has 108 valence electrons. The van der Waals surface area contributed by atoms with E-state index in [1.807, 2.05) is 18.2 Å². The summed E-state index contributed by atoms with van der Waals surface area (Å²) in [4.78, 5) is 14.0. The molecule has 0 aromatic carbocycles. The van der Waals surface area contributed by atoms with Crippen LogP contribution in [0.25, 0.3) is 4.96 Å². The van der Waals surface area contributed by atoms with E-state index in [2.05, 4.69) is 15.5 Å². The Bertz CT molecular complexity index is 622. The Morgan fingerprint density at radius 3 is 2.55 bits per heavy atom. The van der Waals surface area contributed by atoms with Crippen LogP contribution in [0.15, 0.2) is 0 Å². The molecule has 6 heteroatoms. The molecule has 0 radical (unpaired) electrons. The van der Waals surface area contributed by atoms with Crippen molar-refractivity contribution in [2.75, 3.05) is 0 Å². The van der Waals surface area contributed by atoms with Gasteiger partial charge >= 0.3 is 0 Å². The smallest absolute Gasteiger partial charge is 0.263 e. The quantitative estimate of drug-likeness (QED) is 0.866. The fraction of sp³-hybridized carbons (Fsp3) is 0.643. The number of thiazole rings is 1. The molecule has 5 nitrogen and oxygen atoms in total. The molecule has 0 spiro atoms. The number of aromatic nitrogens is 3. The number of carbonyl (C=O) groups is 1. The lowest BCUT2D eigenvalue weighted by molar-refractivity contribution is 0.0936. The minimum Gasteiger partial charge on any atom is -0.349 e. The highest BCUT2D eigenvalue weighted by Crippen LogP contribution is 2.24. The first-order chi connectivity index (χ1) is 9.66. The van der Waals surface area contributed by atoms with Gasteiger partial charge in [0.2, 0.25) is 4.96 Å². The maximum atomic E-state index is 12.5. The number of nitrogens with one attached hydrogen (secondary N) is 1. The van der Waals surface area contributed by atoms with Crippen LogP contribution in [0.3, 0.4) is 0 Å². The number of amides is 1. The Hall–Kier alpha value is -1.43. The van der Waals surface area contributed by atoms with E-state index in [4.69, 9.17) is 0 Å². The van der Waals surface area contributed by atoms with Gasteiger partial charge in [-0.2, -0.15) is 0 Å². The average molecular weight is 292 g/mol. The van der Waals surface area contributed by atoms with Gasteiger partial charge in [-0.1, -0.05) is 37.0 Å². The predicted molar refractivity (Wildman–Crippen MR) is 79.3 cm³/mol. The second kappa shape index (κ2) is 5.52. The first-order valence-electron chi connectivity index (χ1n) is 7.29. The topological polar surface area (TPSA) is 59.3 Å². The number of fused-ring (bicyclic) bond motifs is 1. The summed E-state index contributed by atoms with van der Waals surface area (Å²) in [5, 5.41) is 11.3. The SMILES string of the molecule is Cc1nnc2sc(C(=O)NC3CCCCCC3)c(C)n12. The highest BCUT2D eigenvalue weighted by molar-refractivity contribution is 7.19. The minimum atomic E-state index is 0.0456. The van der Waals surface area contributed by atoms with Crippen molar-refractivity contribution < 1.29 is 4.79 Å². The Labute approximate surface area is 122 Å². The van der Waals surface area contributed by atoms with Gasteiger partial charge in [0.05, 0.1) is 0 Å². The van der Waals surface area contributed by atoms with E-state index in [1.54, 1.807) is 0 Å². The van der Waals surface area contributed by atoms with Crippen LogP contribution in [-0.2, 0) is 0 Å². The molecule has 1 N–H and O–H groups in total. The van der Waals surface area contributed by atoms with Crippen molar-refractivity contribution in [1.29, 1.82) is 0 Å². The summed E-state index contributed by atoms with van der Waals surface area (Å²) in [6, 6.07) is 0.332. The highest BCUT2D eigenvalue weighted by Gasteiger charge is 2.21. The fourth-order valence-corrected chi connectivity index (χ4v) is 3.96. The third-order valence-electron chi connectivity index (χ3n) is 4.05. The van der Waals surface area contributed by atoms with Crippen molar-refractivity contribution in [3.05, 3.63) is 16.4 Å². The number of hydrogen-bond acceptors (Lipinski definition) is 4. The lowest BCUT2D eigenvalue weighted by Gasteiger charge is -2.15. The van der Waals surface area contributed by atoms with Crippen LogP contribution in [0.1, 0.15) is 59.7 Å². The summed E-state index contributed by atoms with van der Waals surface area (Å²) in [6.07, 6.45) is 7.25. The Kier molecular flexibility index (Phi) is 3.74. The maximum absolute atomic E-state index is 12.5. The summed E-state index contributed by atoms with van der Waals surface area (Å²) in [5.74, 6) is 0.881. The van der Waals surface area contributed by atoms with Crippen molar-refractivity contribution in [3.8, 4) is 0 Å². The van der Waals surface area contributed by atoms with Crippen molar-refractivity contribution in [2.24, 2.45) is 0 Å². The predicted octanol–water partition coefficient (Wildman–Crippen LogP) is 2.86. The molecule has 0 saturated heterocycles. The van der Waals surface area contributed by atoms with Gasteiger partial charge in [0.1, 0.15) is 10.7 Å². The molecule has 1 saturated carbocycles. The van der Waals surface area contributed by atoms with Gasteiger partial charge in [-0.15, -0.1) is 10.2 Å². The van der Waals surface area contributed by atoms with Gasteiger partial charge in [0.25, 0.3) is 5.91 Å². The van der Waals surface area contributed by atoms with Crippen LogP contribution in [0.2, 0.25) is 0 Å². The first kappa shape index (κ1) is 13.5. The normalized spacial score (nSPS) is 17.3. The number of rotatable bonds is 2. The molecular weight excluding hydrogens is 272 g/mol. The van der Waals surface area contributed by atoms with E-state index < -0.39 is 0 Å². The molecule has 1 fully saturated rings. The molecule has 2 aromatic heterocycles. The molecule has 1 amide bonds. The highest BCUT2D eigenvalue weighted by atomic mass is 32.1. The molecule has 2 heterocycles. The van der Waals surface area contributed by atoms with Crippen LogP contribution < -0.4 is 5.32 Å². The second-order valence-electron chi connectivity index (χ2n) is 5.54. The number of carbonyl (C=O) groups excluding carboxylic acids is 1. The van der Waals surface area contributed by atoms with Crippen LogP contribution >= 0.6 is 11.3 Å². The zero-order valence-corrected chi connectivity index (χ0v) is 12.8. The van der Waals surface area contributed by atoms with Crippen LogP contribution in [0.5, 0.6) is 0 Å². The number of nitrogens with zero attached hydrogens (tertiary/aromatic N) is 3. The molecule has 2 aromatic rings. The molecule has 1 aliphatic carbocycles. The van der Waals surface area contributed by atoms with Crippen LogP contribution in [0, 0.1) is 13.8 Å². The Morgan fingerprint density at radius 2 is 1.90 bits per heavy atom. The van der Waals surface area contributed by atoms with Crippen LogP contribution in [-0.4, -0.2) is 26.5 Å². The first-order valence-corrected chi connectivity index (χ1v) is 8.10. The fourth-order valence-electron chi connectivity index (χ4n) is 2.95. The summed E-state index contributed by atoms with van der Waals surface area (Å²) in [7, 11) is 0. The zero-order chi connectivity index (χ0) is 14.1. The summed E-state index contributed by atoms with van der Waals surface area (Å²) >= 11 is 1.42. The summed E-state index contributed by atoms with van der Waals surface area (Å²) in [6.45, 7) is 3.87. The van der Waals surface area contributed by atoms with Gasteiger partial charge in [0.15, 0.2) is 0 Å². The van der Waals surface area contributed by atoms with Crippen molar-refractivity contribution in [1.82, 2.24) is 19.9 Å². The molecular formula is C14H20N4OS. The molecule has 0 aliphatic heterocycles. The molecule has 1 aliphatic rings. The number of hydrogen-bond donors (Lipinski definition) is 1. The Balaban J connectivity index is 1.79. The van der Waals surface area contributed by atoms with E-state index in [0.717, 1.165) is 34.2 Å². The average Bonchev–Trinajstić information content (AvgIpc) is 2.82. The summed E-state index contributed by atoms with van der Waals surface area (Å²) in [5.41, 5.74) is 0.943. The Morgan fingerprint density at radius 1 is 1.20 bits per heavy atom. The third kappa shape index (κ3) is 2.44. The van der Waals surface area contributed by atoms with Gasteiger partial charge in [-0.05, 0) is 26.7 Å². The lowest BCUT2D eigenvalue weighted by atomic mass is 10.1. The van der Waals surface area contributed by atoms with Crippen molar-refractivity contribution >= 4 is 22.2 Å². The van der Waals surface area contributed by atoms with E-state index in [9.17, 15) is 4.79 Å². The van der Waals surface area contributed by atoms with Gasteiger partial charge in [0, 0.05) is 11.7 Å². The minimum absolute atomic E-state index is 0.0456. The number of aryl methyl sites for hydroxylation is 2. The second-order valence-corrected chi connectivity index (χ2v) is 6.52. The van der Waals surface area contributed by atoms with Crippen LogP contribution in [0.4, 0.5) is 0 Å². The van der Waals surface area contributed by atoms with E-state index in [1.165, 1.54) is 37.0 Å². The van der Waals surface area contributed by atoms with E-state index >= 15 is 0 Å². The monoisotopic (exact) mass is 292 g/mol. The molecule has 0 unspecified atom stereocenters. The zero-order valence-electron chi connectivity index (χ0n) is 12.0. The van der Waals surface area contributed by atoms with Crippen molar-refractivity contribution in [3.63, 3.8) is 0 Å². The molecule has 20 heavy (non-hydrogen) atoms. The molecule has 3 rings (SSSR count). The molecule has 0 atom stereocenters. The van der Waals surface area contributed by atoms with E-state index in [0.29, 0.717) is 6.04 Å². The van der Waals surface area contributed by atoms with Gasteiger partial charge < -0.3 is 5.32 Å². The lowest BCUT2D eigenvalue weighted by Crippen LogP contribution is -2.34. The third-order valence-corrected chi connectivity index (χ3v) is 5.18. The van der Waals surface area contributed by atoms with Crippen molar-refractivity contribution in [2.45, 2.75) is 58.4 Å². The molecule has 0 bridgehead atoms. The van der Waals surface area contributed by atoms with E-state index in [-0.39, 0.29) is 5.91 Å². The van der Waals surface area contributed by atoms with Gasteiger partial charge in [-0.3, -0.25) is 9.20 Å².